The molecule has 2 rings (SSSR count). The van der Waals surface area contributed by atoms with Gasteiger partial charge < -0.3 is 15.4 Å². The summed E-state index contributed by atoms with van der Waals surface area (Å²) in [6, 6.07) is 12.1. The molecule has 0 saturated carbocycles. The highest BCUT2D eigenvalue weighted by Crippen LogP contribution is 2.06. The summed E-state index contributed by atoms with van der Waals surface area (Å²) >= 11 is 0. The van der Waals surface area contributed by atoms with E-state index in [4.69, 9.17) is 4.74 Å². The smallest absolute Gasteiger partial charge is 0.191 e. The SMILES string of the molecule is CN=C(NCCCOCC(C)C)NCc1ccn(-c2ccccc2)n1. The average molecular weight is 343 g/mol. The van der Waals surface area contributed by atoms with Crippen LogP contribution in [0.1, 0.15) is 26.0 Å². The second kappa shape index (κ2) is 10.5. The van der Waals surface area contributed by atoms with Crippen molar-refractivity contribution in [2.75, 3.05) is 26.8 Å². The van der Waals surface area contributed by atoms with Gasteiger partial charge in [0.15, 0.2) is 5.96 Å². The van der Waals surface area contributed by atoms with Crippen LogP contribution in [0, 0.1) is 5.92 Å². The number of nitrogens with zero attached hydrogens (tertiary/aromatic N) is 3. The Morgan fingerprint density at radius 2 is 2.00 bits per heavy atom. The minimum Gasteiger partial charge on any atom is -0.381 e. The lowest BCUT2D eigenvalue weighted by Crippen LogP contribution is -2.37. The molecule has 0 saturated heterocycles. The zero-order chi connectivity index (χ0) is 17.9. The molecule has 1 aromatic heterocycles. The van der Waals surface area contributed by atoms with Gasteiger partial charge in [0, 0.05) is 33.0 Å². The Balaban J connectivity index is 1.70. The van der Waals surface area contributed by atoms with E-state index in [0.717, 1.165) is 43.5 Å². The van der Waals surface area contributed by atoms with Crippen LogP contribution in [0.4, 0.5) is 0 Å². The first-order chi connectivity index (χ1) is 12.2. The van der Waals surface area contributed by atoms with E-state index in [1.807, 2.05) is 47.3 Å². The first kappa shape index (κ1) is 19.0. The van der Waals surface area contributed by atoms with Crippen LogP contribution >= 0.6 is 0 Å². The lowest BCUT2D eigenvalue weighted by Gasteiger charge is -2.11. The highest BCUT2D eigenvalue weighted by atomic mass is 16.5. The van der Waals surface area contributed by atoms with Gasteiger partial charge in [0.25, 0.3) is 0 Å². The van der Waals surface area contributed by atoms with Gasteiger partial charge in [-0.3, -0.25) is 4.99 Å². The number of aliphatic imine (C=N–C) groups is 1. The van der Waals surface area contributed by atoms with Crippen LogP contribution in [0.25, 0.3) is 5.69 Å². The molecule has 1 aromatic carbocycles. The monoisotopic (exact) mass is 343 g/mol. The van der Waals surface area contributed by atoms with Gasteiger partial charge in [-0.25, -0.2) is 4.68 Å². The molecule has 25 heavy (non-hydrogen) atoms. The number of guanidine groups is 1. The lowest BCUT2D eigenvalue weighted by molar-refractivity contribution is 0.108. The van der Waals surface area contributed by atoms with Crippen LogP contribution in [0.15, 0.2) is 47.6 Å². The maximum atomic E-state index is 5.57. The molecule has 0 atom stereocenters. The van der Waals surface area contributed by atoms with E-state index in [2.05, 4.69) is 34.6 Å². The molecule has 0 amide bonds. The average Bonchev–Trinajstić information content (AvgIpc) is 3.10. The zero-order valence-electron chi connectivity index (χ0n) is 15.4. The molecular formula is C19H29N5O. The Morgan fingerprint density at radius 1 is 1.20 bits per heavy atom. The van der Waals surface area contributed by atoms with Crippen LogP contribution in [-0.4, -0.2) is 42.5 Å². The van der Waals surface area contributed by atoms with Gasteiger partial charge in [-0.1, -0.05) is 32.0 Å². The van der Waals surface area contributed by atoms with Crippen LogP contribution in [-0.2, 0) is 11.3 Å². The summed E-state index contributed by atoms with van der Waals surface area (Å²) in [4.78, 5) is 4.23. The number of hydrogen-bond acceptors (Lipinski definition) is 3. The number of aromatic nitrogens is 2. The first-order valence-electron chi connectivity index (χ1n) is 8.81. The fourth-order valence-corrected chi connectivity index (χ4v) is 2.28. The van der Waals surface area contributed by atoms with Crippen LogP contribution < -0.4 is 10.6 Å². The Morgan fingerprint density at radius 3 is 2.72 bits per heavy atom. The number of para-hydroxylation sites is 1. The number of nitrogens with one attached hydrogen (secondary N) is 2. The molecule has 1 heterocycles. The van der Waals surface area contributed by atoms with Crippen molar-refractivity contribution in [2.45, 2.75) is 26.8 Å². The van der Waals surface area contributed by atoms with E-state index < -0.39 is 0 Å². The molecule has 0 aliphatic carbocycles. The van der Waals surface area contributed by atoms with E-state index in [1.165, 1.54) is 0 Å². The summed E-state index contributed by atoms with van der Waals surface area (Å²) in [5.41, 5.74) is 2.02. The molecule has 0 spiro atoms. The molecule has 0 fully saturated rings. The molecule has 0 unspecified atom stereocenters. The Kier molecular flexibility index (Phi) is 7.98. The molecule has 0 aliphatic heterocycles. The summed E-state index contributed by atoms with van der Waals surface area (Å²) in [6.07, 6.45) is 2.92. The fourth-order valence-electron chi connectivity index (χ4n) is 2.28. The second-order valence-corrected chi connectivity index (χ2v) is 6.26. The standard InChI is InChI=1S/C19H29N5O/c1-16(2)15-25-13-7-11-21-19(20-3)22-14-17-10-12-24(23-17)18-8-5-4-6-9-18/h4-6,8-10,12,16H,7,11,13-15H2,1-3H3,(H2,20,21,22). The van der Waals surface area contributed by atoms with Gasteiger partial charge in [0.2, 0.25) is 0 Å². The van der Waals surface area contributed by atoms with Crippen molar-refractivity contribution in [1.29, 1.82) is 0 Å². The van der Waals surface area contributed by atoms with Gasteiger partial charge in [-0.2, -0.15) is 5.10 Å². The summed E-state index contributed by atoms with van der Waals surface area (Å²) in [5, 5.41) is 11.1. The van der Waals surface area contributed by atoms with Crippen molar-refractivity contribution in [3.8, 4) is 5.69 Å². The molecule has 0 bridgehead atoms. The topological polar surface area (TPSA) is 63.5 Å². The Bertz CT molecular complexity index is 636. The highest BCUT2D eigenvalue weighted by molar-refractivity contribution is 5.79. The zero-order valence-corrected chi connectivity index (χ0v) is 15.4. The van der Waals surface area contributed by atoms with Crippen molar-refractivity contribution in [2.24, 2.45) is 10.9 Å². The summed E-state index contributed by atoms with van der Waals surface area (Å²) in [7, 11) is 1.77. The third kappa shape index (κ3) is 6.97. The van der Waals surface area contributed by atoms with E-state index >= 15 is 0 Å². The van der Waals surface area contributed by atoms with Crippen molar-refractivity contribution in [3.05, 3.63) is 48.3 Å². The molecule has 0 radical (unpaired) electrons. The molecule has 0 aliphatic rings. The van der Waals surface area contributed by atoms with E-state index in [-0.39, 0.29) is 0 Å². The summed E-state index contributed by atoms with van der Waals surface area (Å²) in [6.45, 7) is 7.35. The number of rotatable bonds is 9. The number of hydrogen-bond donors (Lipinski definition) is 2. The largest absolute Gasteiger partial charge is 0.381 e. The normalized spacial score (nSPS) is 11.8. The highest BCUT2D eigenvalue weighted by Gasteiger charge is 2.03. The van der Waals surface area contributed by atoms with Crippen LogP contribution in [0.3, 0.4) is 0 Å². The van der Waals surface area contributed by atoms with E-state index in [0.29, 0.717) is 12.5 Å². The summed E-state index contributed by atoms with van der Waals surface area (Å²) < 4.78 is 7.45. The summed E-state index contributed by atoms with van der Waals surface area (Å²) in [5.74, 6) is 1.36. The van der Waals surface area contributed by atoms with Gasteiger partial charge >= 0.3 is 0 Å². The first-order valence-corrected chi connectivity index (χ1v) is 8.81. The minimum absolute atomic E-state index is 0.582. The molecular weight excluding hydrogens is 314 g/mol. The Hall–Kier alpha value is -2.34. The van der Waals surface area contributed by atoms with Gasteiger partial charge in [-0.15, -0.1) is 0 Å². The van der Waals surface area contributed by atoms with Gasteiger partial charge in [0.1, 0.15) is 0 Å². The third-order valence-electron chi connectivity index (χ3n) is 3.53. The second-order valence-electron chi connectivity index (χ2n) is 6.26. The van der Waals surface area contributed by atoms with Crippen LogP contribution in [0.5, 0.6) is 0 Å². The van der Waals surface area contributed by atoms with Crippen molar-refractivity contribution in [3.63, 3.8) is 0 Å². The molecule has 6 heteroatoms. The van der Waals surface area contributed by atoms with Gasteiger partial charge in [-0.05, 0) is 30.5 Å². The molecule has 6 nitrogen and oxygen atoms in total. The predicted molar refractivity (Wildman–Crippen MR) is 102 cm³/mol. The third-order valence-corrected chi connectivity index (χ3v) is 3.53. The van der Waals surface area contributed by atoms with Crippen molar-refractivity contribution >= 4 is 5.96 Å². The van der Waals surface area contributed by atoms with Crippen molar-refractivity contribution < 1.29 is 4.74 Å². The maximum absolute atomic E-state index is 5.57. The fraction of sp³-hybridized carbons (Fsp3) is 0.474. The molecule has 2 aromatic rings. The van der Waals surface area contributed by atoms with Crippen LogP contribution in [0.2, 0.25) is 0 Å². The molecule has 136 valence electrons. The quantitative estimate of drug-likeness (QED) is 0.417. The van der Waals surface area contributed by atoms with E-state index in [1.54, 1.807) is 7.05 Å². The number of benzene rings is 1. The van der Waals surface area contributed by atoms with Crippen molar-refractivity contribution in [1.82, 2.24) is 20.4 Å². The minimum atomic E-state index is 0.582. The Labute approximate surface area is 150 Å². The lowest BCUT2D eigenvalue weighted by atomic mass is 10.2. The van der Waals surface area contributed by atoms with Gasteiger partial charge in [0.05, 0.1) is 17.9 Å². The van der Waals surface area contributed by atoms with E-state index in [9.17, 15) is 0 Å². The predicted octanol–water partition coefficient (Wildman–Crippen LogP) is 2.60. The maximum Gasteiger partial charge on any atom is 0.191 e. The molecule has 2 N–H and O–H groups in total. The number of ether oxygens (including phenoxy) is 1.